The molecule has 9 nitrogen and oxygen atoms in total. The molecule has 27 heavy (non-hydrogen) atoms. The molecule has 0 amide bonds. The molecule has 0 bridgehead atoms. The van der Waals surface area contributed by atoms with E-state index in [1.54, 1.807) is 41.5 Å². The van der Waals surface area contributed by atoms with Crippen LogP contribution in [0.25, 0.3) is 0 Å². The second-order valence-corrected chi connectivity index (χ2v) is 5.62. The number of hydrogen-bond donors (Lipinski definition) is 3. The van der Waals surface area contributed by atoms with Crippen LogP contribution in [0.1, 0.15) is 41.5 Å². The molecule has 0 saturated carbocycles. The van der Waals surface area contributed by atoms with Gasteiger partial charge in [-0.15, -0.1) is 0 Å². The van der Waals surface area contributed by atoms with E-state index in [0.717, 1.165) is 0 Å². The molecule has 0 aliphatic rings. The van der Waals surface area contributed by atoms with Crippen molar-refractivity contribution in [2.75, 3.05) is 52.9 Å². The molecule has 0 aromatic heterocycles. The first-order valence-electron chi connectivity index (χ1n) is 9.62. The minimum absolute atomic E-state index is 0.0928. The lowest BCUT2D eigenvalue weighted by Gasteiger charge is -2.55. The summed E-state index contributed by atoms with van der Waals surface area (Å²) in [4.78, 5) is 0. The molecule has 0 aliphatic carbocycles. The van der Waals surface area contributed by atoms with Crippen LogP contribution >= 0.6 is 0 Å². The molecular weight excluding hydrogens is 360 g/mol. The van der Waals surface area contributed by atoms with Gasteiger partial charge in [-0.2, -0.15) is 0 Å². The van der Waals surface area contributed by atoms with Gasteiger partial charge in [-0.3, -0.25) is 0 Å². The summed E-state index contributed by atoms with van der Waals surface area (Å²) in [7, 11) is 0. The van der Waals surface area contributed by atoms with E-state index >= 15 is 0 Å². The average molecular weight is 398 g/mol. The molecule has 3 N–H and O–H groups in total. The predicted octanol–water partition coefficient (Wildman–Crippen LogP) is 0.845. The highest BCUT2D eigenvalue weighted by atomic mass is 16.9. The number of aliphatic hydroxyl groups is 3. The summed E-state index contributed by atoms with van der Waals surface area (Å²) in [5, 5.41) is 31.4. The van der Waals surface area contributed by atoms with Crippen LogP contribution < -0.4 is 0 Å². The van der Waals surface area contributed by atoms with Crippen LogP contribution in [0.5, 0.6) is 0 Å². The van der Waals surface area contributed by atoms with Crippen molar-refractivity contribution in [3.8, 4) is 0 Å². The molecule has 1 atom stereocenters. The van der Waals surface area contributed by atoms with Gasteiger partial charge in [0.15, 0.2) is 6.29 Å². The van der Waals surface area contributed by atoms with Gasteiger partial charge >= 0.3 is 5.97 Å². The lowest BCUT2D eigenvalue weighted by Crippen LogP contribution is -2.75. The number of hydrogen-bond acceptors (Lipinski definition) is 9. The van der Waals surface area contributed by atoms with Crippen molar-refractivity contribution in [2.45, 2.75) is 59.6 Å². The SMILES string of the molecule is CCOC(O)C(CO)(CO)C(OCC)(OCC)C(OCC)(OCC)OCC. The molecule has 0 aromatic carbocycles. The fourth-order valence-electron chi connectivity index (χ4n) is 3.09. The number of ether oxygens (including phenoxy) is 6. The quantitative estimate of drug-likeness (QED) is 0.307. The zero-order chi connectivity index (χ0) is 21.0. The van der Waals surface area contributed by atoms with Gasteiger partial charge in [-0.25, -0.2) is 0 Å². The largest absolute Gasteiger partial charge is 0.395 e. The molecule has 0 radical (unpaired) electrons. The molecule has 0 aromatic rings. The molecule has 0 fully saturated rings. The Labute approximate surface area is 162 Å². The van der Waals surface area contributed by atoms with Crippen molar-refractivity contribution in [1.82, 2.24) is 0 Å². The van der Waals surface area contributed by atoms with Gasteiger partial charge in [-0.1, -0.05) is 0 Å². The Balaban J connectivity index is 6.87. The van der Waals surface area contributed by atoms with Gasteiger partial charge < -0.3 is 43.7 Å². The van der Waals surface area contributed by atoms with Crippen molar-refractivity contribution in [3.63, 3.8) is 0 Å². The van der Waals surface area contributed by atoms with Crippen LogP contribution in [-0.2, 0) is 28.4 Å². The topological polar surface area (TPSA) is 116 Å². The molecule has 0 aliphatic heterocycles. The normalized spacial score (nSPS) is 14.6. The highest BCUT2D eigenvalue weighted by molar-refractivity contribution is 5.02. The lowest BCUT2D eigenvalue weighted by atomic mass is 9.77. The van der Waals surface area contributed by atoms with E-state index in [1.807, 2.05) is 0 Å². The lowest BCUT2D eigenvalue weighted by molar-refractivity contribution is -0.533. The van der Waals surface area contributed by atoms with Crippen molar-refractivity contribution in [1.29, 1.82) is 0 Å². The van der Waals surface area contributed by atoms with E-state index in [0.29, 0.717) is 0 Å². The van der Waals surface area contributed by atoms with Crippen LogP contribution in [0.15, 0.2) is 0 Å². The van der Waals surface area contributed by atoms with Crippen LogP contribution in [0.3, 0.4) is 0 Å². The van der Waals surface area contributed by atoms with Crippen LogP contribution in [0.4, 0.5) is 0 Å². The maximum absolute atomic E-state index is 10.7. The molecule has 0 saturated heterocycles. The van der Waals surface area contributed by atoms with Gasteiger partial charge in [0.2, 0.25) is 0 Å². The second-order valence-electron chi connectivity index (χ2n) is 5.62. The highest BCUT2D eigenvalue weighted by Crippen LogP contribution is 2.49. The van der Waals surface area contributed by atoms with Crippen molar-refractivity contribution in [3.05, 3.63) is 0 Å². The monoisotopic (exact) mass is 398 g/mol. The summed E-state index contributed by atoms with van der Waals surface area (Å²) in [6, 6.07) is 0. The van der Waals surface area contributed by atoms with E-state index in [2.05, 4.69) is 0 Å². The summed E-state index contributed by atoms with van der Waals surface area (Å²) >= 11 is 0. The summed E-state index contributed by atoms with van der Waals surface area (Å²) in [5.74, 6) is -4.01. The van der Waals surface area contributed by atoms with Crippen molar-refractivity contribution < 1.29 is 43.7 Å². The first-order valence-corrected chi connectivity index (χ1v) is 9.62. The van der Waals surface area contributed by atoms with E-state index in [-0.39, 0.29) is 39.6 Å². The number of aliphatic hydroxyl groups excluding tert-OH is 3. The van der Waals surface area contributed by atoms with Gasteiger partial charge in [0.25, 0.3) is 5.79 Å². The Kier molecular flexibility index (Phi) is 12.8. The smallest absolute Gasteiger partial charge is 0.341 e. The van der Waals surface area contributed by atoms with E-state index in [4.69, 9.17) is 28.4 Å². The Bertz CT molecular complexity index is 351. The third kappa shape index (κ3) is 5.17. The summed E-state index contributed by atoms with van der Waals surface area (Å²) in [6.45, 7) is 9.54. The van der Waals surface area contributed by atoms with Gasteiger partial charge in [0, 0.05) is 39.6 Å². The molecule has 0 heterocycles. The van der Waals surface area contributed by atoms with Crippen molar-refractivity contribution in [2.24, 2.45) is 5.41 Å². The first-order chi connectivity index (χ1) is 12.9. The van der Waals surface area contributed by atoms with Gasteiger partial charge in [-0.05, 0) is 41.5 Å². The summed E-state index contributed by atoms with van der Waals surface area (Å²) in [6.07, 6.45) is -1.66. The third-order valence-corrected chi connectivity index (χ3v) is 4.12. The van der Waals surface area contributed by atoms with Crippen LogP contribution in [-0.4, -0.2) is 86.2 Å². The van der Waals surface area contributed by atoms with Crippen molar-refractivity contribution >= 4 is 0 Å². The fourth-order valence-corrected chi connectivity index (χ4v) is 3.09. The summed E-state index contributed by atoms with van der Waals surface area (Å²) < 4.78 is 34.7. The van der Waals surface area contributed by atoms with Gasteiger partial charge in [0.05, 0.1) is 13.2 Å². The maximum Gasteiger partial charge on any atom is 0.341 e. The predicted molar refractivity (Wildman–Crippen MR) is 97.8 cm³/mol. The Morgan fingerprint density at radius 3 is 1.26 bits per heavy atom. The Hall–Kier alpha value is -0.360. The standard InChI is InChI=1S/C18H38O9/c1-7-22-15(21)16(13-19,14-20)17(23-8-2,24-9-3)18(25-10-4,26-11-5)27-12-6/h15,19-21H,7-14H2,1-6H3. The minimum Gasteiger partial charge on any atom is -0.395 e. The highest BCUT2D eigenvalue weighted by Gasteiger charge is 2.72. The molecule has 9 heteroatoms. The zero-order valence-corrected chi connectivity index (χ0v) is 17.5. The van der Waals surface area contributed by atoms with Crippen LogP contribution in [0, 0.1) is 5.41 Å². The van der Waals surface area contributed by atoms with E-state index in [1.165, 1.54) is 0 Å². The molecule has 0 spiro atoms. The summed E-state index contributed by atoms with van der Waals surface area (Å²) in [5.41, 5.74) is -1.88. The molecule has 1 unspecified atom stereocenters. The molecular formula is C18H38O9. The maximum atomic E-state index is 10.7. The Morgan fingerprint density at radius 1 is 0.630 bits per heavy atom. The van der Waals surface area contributed by atoms with E-state index in [9.17, 15) is 15.3 Å². The third-order valence-electron chi connectivity index (χ3n) is 4.12. The Morgan fingerprint density at radius 2 is 1.00 bits per heavy atom. The molecule has 164 valence electrons. The number of rotatable bonds is 17. The minimum atomic E-state index is -2.04. The fraction of sp³-hybridized carbons (Fsp3) is 1.00. The molecule has 0 rings (SSSR count). The van der Waals surface area contributed by atoms with Crippen LogP contribution in [0.2, 0.25) is 0 Å². The average Bonchev–Trinajstić information content (AvgIpc) is 2.64. The van der Waals surface area contributed by atoms with E-state index < -0.39 is 36.7 Å². The first kappa shape index (κ1) is 26.6. The van der Waals surface area contributed by atoms with Gasteiger partial charge in [0.1, 0.15) is 5.41 Å². The zero-order valence-electron chi connectivity index (χ0n) is 17.5. The second kappa shape index (κ2) is 13.0.